The maximum absolute atomic E-state index is 12.3. The first-order chi connectivity index (χ1) is 11.1. The number of nitrogens with zero attached hydrogens (tertiary/aromatic N) is 3. The highest BCUT2D eigenvalue weighted by Crippen LogP contribution is 2.22. The van der Waals surface area contributed by atoms with Crippen LogP contribution in [0.1, 0.15) is 33.0 Å². The van der Waals surface area contributed by atoms with Crippen LogP contribution in [-0.2, 0) is 13.0 Å². The van der Waals surface area contributed by atoms with Gasteiger partial charge in [0.15, 0.2) is 0 Å². The molecule has 1 aromatic carbocycles. The molecule has 1 aliphatic heterocycles. The predicted octanol–water partition coefficient (Wildman–Crippen LogP) is 2.77. The van der Waals surface area contributed by atoms with E-state index in [9.17, 15) is 4.79 Å². The highest BCUT2D eigenvalue weighted by Gasteiger charge is 2.27. The van der Waals surface area contributed by atoms with Crippen molar-refractivity contribution in [1.82, 2.24) is 19.9 Å². The zero-order valence-electron chi connectivity index (χ0n) is 13.3. The fourth-order valence-electron chi connectivity index (χ4n) is 3.09. The third-order valence-corrected chi connectivity index (χ3v) is 4.59. The molecule has 3 heterocycles. The van der Waals surface area contributed by atoms with Crippen molar-refractivity contribution in [2.24, 2.45) is 0 Å². The van der Waals surface area contributed by atoms with Gasteiger partial charge in [0.1, 0.15) is 5.82 Å². The van der Waals surface area contributed by atoms with Crippen LogP contribution in [-0.4, -0.2) is 32.3 Å². The molecule has 1 amide bonds. The van der Waals surface area contributed by atoms with Crippen LogP contribution in [0.5, 0.6) is 0 Å². The van der Waals surface area contributed by atoms with Crippen molar-refractivity contribution in [3.8, 4) is 0 Å². The van der Waals surface area contributed by atoms with E-state index in [1.54, 1.807) is 6.20 Å². The van der Waals surface area contributed by atoms with Crippen LogP contribution in [0, 0.1) is 13.8 Å². The molecular formula is C18H18N4O. The van der Waals surface area contributed by atoms with Crippen molar-refractivity contribution in [3.05, 3.63) is 58.7 Å². The molecule has 1 aliphatic rings. The van der Waals surface area contributed by atoms with Crippen LogP contribution in [0.2, 0.25) is 0 Å². The normalized spacial score (nSPS) is 13.8. The van der Waals surface area contributed by atoms with E-state index in [0.29, 0.717) is 19.5 Å². The molecule has 0 bridgehead atoms. The Bertz CT molecular complexity index is 913. The molecule has 0 saturated carbocycles. The van der Waals surface area contributed by atoms with Crippen LogP contribution < -0.4 is 0 Å². The largest absolute Gasteiger partial charge is 0.342 e. The zero-order chi connectivity index (χ0) is 16.0. The first kappa shape index (κ1) is 13.9. The number of carbonyl (C=O) groups is 1. The van der Waals surface area contributed by atoms with Gasteiger partial charge in [-0.3, -0.25) is 9.78 Å². The molecule has 2 aromatic heterocycles. The number of nitrogens with one attached hydrogen (secondary N) is 1. The Hall–Kier alpha value is -2.69. The molecule has 0 aliphatic carbocycles. The van der Waals surface area contributed by atoms with Gasteiger partial charge in [0.25, 0.3) is 5.91 Å². The summed E-state index contributed by atoms with van der Waals surface area (Å²) >= 11 is 0. The quantitative estimate of drug-likeness (QED) is 0.809. The van der Waals surface area contributed by atoms with E-state index in [-0.39, 0.29) is 5.91 Å². The van der Waals surface area contributed by atoms with Crippen molar-refractivity contribution < 1.29 is 4.79 Å². The Labute approximate surface area is 134 Å². The second-order valence-corrected chi connectivity index (χ2v) is 6.06. The topological polar surface area (TPSA) is 61.9 Å². The Morgan fingerprint density at radius 1 is 1.26 bits per heavy atom. The summed E-state index contributed by atoms with van der Waals surface area (Å²) in [7, 11) is 0. The van der Waals surface area contributed by atoms with Gasteiger partial charge in [-0.25, -0.2) is 4.98 Å². The second kappa shape index (κ2) is 5.19. The number of carbonyl (C=O) groups excluding carboxylic acids is 1. The molecule has 5 nitrogen and oxygen atoms in total. The summed E-state index contributed by atoms with van der Waals surface area (Å²) in [5.74, 6) is 0.988. The van der Waals surface area contributed by atoms with Gasteiger partial charge in [0.05, 0.1) is 28.8 Å². The van der Waals surface area contributed by atoms with E-state index in [2.05, 4.69) is 35.9 Å². The Kier molecular flexibility index (Phi) is 3.15. The smallest absolute Gasteiger partial charge is 0.256 e. The van der Waals surface area contributed by atoms with Crippen molar-refractivity contribution in [3.63, 3.8) is 0 Å². The first-order valence-electron chi connectivity index (χ1n) is 7.81. The number of H-pyrrole nitrogens is 1. The summed E-state index contributed by atoms with van der Waals surface area (Å²) in [5, 5.41) is 0. The molecule has 0 spiro atoms. The number of aromatic nitrogens is 3. The third-order valence-electron chi connectivity index (χ3n) is 4.59. The number of rotatable bonds is 3. The molecule has 1 N–H and O–H groups in total. The van der Waals surface area contributed by atoms with Crippen LogP contribution >= 0.6 is 0 Å². The fourth-order valence-corrected chi connectivity index (χ4v) is 3.09. The van der Waals surface area contributed by atoms with Crippen LogP contribution in [0.25, 0.3) is 11.0 Å². The number of benzene rings is 1. The van der Waals surface area contributed by atoms with Crippen LogP contribution in [0.3, 0.4) is 0 Å². The van der Waals surface area contributed by atoms with E-state index >= 15 is 0 Å². The standard InChI is InChI=1S/C18H18N4O/c1-11-5-6-14-17(12(11)2)21-16(20-14)7-9-22-10-15-13(18(22)23)4-3-8-19-15/h3-6,8H,7,9-10H2,1-2H3,(H,20,21). The summed E-state index contributed by atoms with van der Waals surface area (Å²) in [4.78, 5) is 26.5. The van der Waals surface area contributed by atoms with Gasteiger partial charge in [-0.2, -0.15) is 0 Å². The lowest BCUT2D eigenvalue weighted by atomic mass is 10.1. The maximum atomic E-state index is 12.3. The Balaban J connectivity index is 1.52. The number of aryl methyl sites for hydroxylation is 2. The average molecular weight is 306 g/mol. The highest BCUT2D eigenvalue weighted by molar-refractivity contribution is 5.97. The molecule has 0 fully saturated rings. The number of aromatic amines is 1. The Morgan fingerprint density at radius 3 is 2.96 bits per heavy atom. The number of hydrogen-bond donors (Lipinski definition) is 1. The minimum Gasteiger partial charge on any atom is -0.342 e. The molecule has 23 heavy (non-hydrogen) atoms. The van der Waals surface area contributed by atoms with E-state index < -0.39 is 0 Å². The highest BCUT2D eigenvalue weighted by atomic mass is 16.2. The SMILES string of the molecule is Cc1ccc2[nH]c(CCN3Cc4ncccc4C3=O)nc2c1C. The summed E-state index contributed by atoms with van der Waals surface area (Å²) in [5.41, 5.74) is 6.13. The monoisotopic (exact) mass is 306 g/mol. The molecule has 0 unspecified atom stereocenters. The van der Waals surface area contributed by atoms with Gasteiger partial charge in [0.2, 0.25) is 0 Å². The van der Waals surface area contributed by atoms with Crippen molar-refractivity contribution in [1.29, 1.82) is 0 Å². The summed E-state index contributed by atoms with van der Waals surface area (Å²) in [6, 6.07) is 7.82. The van der Waals surface area contributed by atoms with Crippen molar-refractivity contribution in [2.45, 2.75) is 26.8 Å². The lowest BCUT2D eigenvalue weighted by Crippen LogP contribution is -2.26. The van der Waals surface area contributed by atoms with E-state index in [4.69, 9.17) is 4.98 Å². The lowest BCUT2D eigenvalue weighted by Gasteiger charge is -2.13. The molecule has 116 valence electrons. The average Bonchev–Trinajstić information content (AvgIpc) is 3.11. The van der Waals surface area contributed by atoms with Crippen molar-refractivity contribution >= 4 is 16.9 Å². The minimum atomic E-state index is 0.0660. The molecule has 0 saturated heterocycles. The van der Waals surface area contributed by atoms with Gasteiger partial charge in [-0.1, -0.05) is 6.07 Å². The number of amides is 1. The van der Waals surface area contributed by atoms with Crippen molar-refractivity contribution in [2.75, 3.05) is 6.54 Å². The molecule has 0 atom stereocenters. The van der Waals surface area contributed by atoms with E-state index in [0.717, 1.165) is 28.1 Å². The van der Waals surface area contributed by atoms with Crippen LogP contribution in [0.4, 0.5) is 0 Å². The summed E-state index contributed by atoms with van der Waals surface area (Å²) < 4.78 is 0. The zero-order valence-corrected chi connectivity index (χ0v) is 13.3. The van der Waals surface area contributed by atoms with Gasteiger partial charge in [0, 0.05) is 19.2 Å². The number of pyridine rings is 1. The first-order valence-corrected chi connectivity index (χ1v) is 7.81. The Morgan fingerprint density at radius 2 is 2.13 bits per heavy atom. The van der Waals surface area contributed by atoms with Gasteiger partial charge >= 0.3 is 0 Å². The fraction of sp³-hybridized carbons (Fsp3) is 0.278. The van der Waals surface area contributed by atoms with Crippen LogP contribution in [0.15, 0.2) is 30.5 Å². The predicted molar refractivity (Wildman–Crippen MR) is 88.2 cm³/mol. The number of hydrogen-bond acceptors (Lipinski definition) is 3. The summed E-state index contributed by atoms with van der Waals surface area (Å²) in [6.45, 7) is 5.42. The van der Waals surface area contributed by atoms with Gasteiger partial charge in [-0.05, 0) is 43.2 Å². The summed E-state index contributed by atoms with van der Waals surface area (Å²) in [6.07, 6.45) is 2.45. The van der Waals surface area contributed by atoms with E-state index in [1.165, 1.54) is 11.1 Å². The molecule has 3 aromatic rings. The minimum absolute atomic E-state index is 0.0660. The second-order valence-electron chi connectivity index (χ2n) is 6.06. The third kappa shape index (κ3) is 2.29. The van der Waals surface area contributed by atoms with Gasteiger partial charge in [-0.15, -0.1) is 0 Å². The van der Waals surface area contributed by atoms with E-state index in [1.807, 2.05) is 17.0 Å². The molecule has 5 heteroatoms. The molecular weight excluding hydrogens is 288 g/mol. The van der Waals surface area contributed by atoms with Gasteiger partial charge < -0.3 is 9.88 Å². The molecule has 0 radical (unpaired) electrons. The molecule has 4 rings (SSSR count). The lowest BCUT2D eigenvalue weighted by molar-refractivity contribution is 0.0779. The maximum Gasteiger partial charge on any atom is 0.256 e. The number of imidazole rings is 1. The number of fused-ring (bicyclic) bond motifs is 2.